The van der Waals surface area contributed by atoms with E-state index in [2.05, 4.69) is 0 Å². The van der Waals surface area contributed by atoms with E-state index in [4.69, 9.17) is 45.3 Å². The molecule has 0 fully saturated rings. The molecule has 2 rings (SSSR count). The van der Waals surface area contributed by atoms with Crippen LogP contribution in [0.15, 0.2) is 47.4 Å². The number of nitrogens with two attached hydrogens (primary N) is 1. The molecule has 0 atom stereocenters. The van der Waals surface area contributed by atoms with Crippen LogP contribution < -0.4 is 10.5 Å². The molecule has 0 unspecified atom stereocenters. The smallest absolute Gasteiger partial charge is 0.243 e. The van der Waals surface area contributed by atoms with Gasteiger partial charge in [0.1, 0.15) is 5.75 Å². The molecule has 0 amide bonds. The number of nitrogens with zero attached hydrogens (tertiary/aromatic N) is 1. The molecule has 0 aliphatic heterocycles. The Labute approximate surface area is 175 Å². The van der Waals surface area contributed by atoms with E-state index < -0.39 is 10.0 Å². The number of rotatable bonds is 10. The number of sulfonamides is 1. The summed E-state index contributed by atoms with van der Waals surface area (Å²) in [6.07, 6.45) is 1.08. The Balaban J connectivity index is 1.99. The summed E-state index contributed by atoms with van der Waals surface area (Å²) in [7, 11) is -3.62. The van der Waals surface area contributed by atoms with Crippen LogP contribution in [0.4, 0.5) is 0 Å². The van der Waals surface area contributed by atoms with Crippen molar-refractivity contribution < 1.29 is 13.2 Å². The van der Waals surface area contributed by atoms with Gasteiger partial charge in [-0.05, 0) is 55.8 Å². The molecule has 0 aromatic heterocycles. The second kappa shape index (κ2) is 10.5. The number of hydrogen-bond acceptors (Lipinski definition) is 4. The Morgan fingerprint density at radius 1 is 0.926 bits per heavy atom. The lowest BCUT2D eigenvalue weighted by molar-refractivity contribution is 0.288. The van der Waals surface area contributed by atoms with Gasteiger partial charge in [0.2, 0.25) is 10.0 Å². The van der Waals surface area contributed by atoms with Crippen LogP contribution in [0.5, 0.6) is 5.75 Å². The summed E-state index contributed by atoms with van der Waals surface area (Å²) in [4.78, 5) is 0.203. The number of benzene rings is 2. The summed E-state index contributed by atoms with van der Waals surface area (Å²) in [5.41, 5.74) is 5.55. The maximum absolute atomic E-state index is 12.9. The summed E-state index contributed by atoms with van der Waals surface area (Å²) in [6.45, 7) is 1.40. The van der Waals surface area contributed by atoms with Crippen LogP contribution in [-0.2, 0) is 10.0 Å². The van der Waals surface area contributed by atoms with Gasteiger partial charge in [-0.25, -0.2) is 8.42 Å². The zero-order valence-corrected chi connectivity index (χ0v) is 17.7. The minimum Gasteiger partial charge on any atom is -0.493 e. The molecule has 0 aliphatic carbocycles. The average molecular weight is 452 g/mol. The Hall–Kier alpha value is -1.02. The van der Waals surface area contributed by atoms with E-state index in [-0.39, 0.29) is 4.90 Å². The highest BCUT2D eigenvalue weighted by molar-refractivity contribution is 7.89. The third-order valence-electron chi connectivity index (χ3n) is 3.77. The van der Waals surface area contributed by atoms with Crippen molar-refractivity contribution in [2.45, 2.75) is 17.7 Å². The number of hydrogen-bond donors (Lipinski definition) is 1. The predicted octanol–water partition coefficient (Wildman–Crippen LogP) is 4.46. The largest absolute Gasteiger partial charge is 0.493 e. The van der Waals surface area contributed by atoms with Gasteiger partial charge in [0.25, 0.3) is 0 Å². The lowest BCUT2D eigenvalue weighted by Crippen LogP contribution is -2.34. The van der Waals surface area contributed by atoms with Crippen molar-refractivity contribution in [3.63, 3.8) is 0 Å². The zero-order valence-electron chi connectivity index (χ0n) is 14.6. The van der Waals surface area contributed by atoms with Crippen molar-refractivity contribution in [3.05, 3.63) is 57.5 Å². The van der Waals surface area contributed by atoms with Gasteiger partial charge in [-0.3, -0.25) is 0 Å². The summed E-state index contributed by atoms with van der Waals surface area (Å²) < 4.78 is 32.8. The molecule has 2 N–H and O–H groups in total. The van der Waals surface area contributed by atoms with Gasteiger partial charge >= 0.3 is 0 Å². The number of halogens is 3. The van der Waals surface area contributed by atoms with Crippen LogP contribution in [0.3, 0.4) is 0 Å². The highest BCUT2D eigenvalue weighted by atomic mass is 35.5. The minimum atomic E-state index is -3.62. The van der Waals surface area contributed by atoms with Gasteiger partial charge in [0.15, 0.2) is 0 Å². The van der Waals surface area contributed by atoms with E-state index in [1.807, 2.05) is 0 Å². The molecule has 0 radical (unpaired) electrons. The Morgan fingerprint density at radius 3 is 2.22 bits per heavy atom. The first kappa shape index (κ1) is 22.3. The van der Waals surface area contributed by atoms with E-state index in [0.717, 1.165) is 0 Å². The van der Waals surface area contributed by atoms with E-state index in [0.29, 0.717) is 59.9 Å². The molecule has 2 aromatic rings. The molecular formula is C18H21Cl3N2O3S. The molecule has 9 heteroatoms. The van der Waals surface area contributed by atoms with Gasteiger partial charge in [0.05, 0.1) is 21.5 Å². The molecule has 0 heterocycles. The first-order chi connectivity index (χ1) is 12.8. The standard InChI is InChI=1S/C18H21Cl3N2O3S/c19-14-3-6-16(7-4-14)27(24,25)23(10-1-9-22)11-2-12-26-15-5-8-17(20)18(21)13-15/h3-8,13H,1-2,9-12,22H2. The second-order valence-electron chi connectivity index (χ2n) is 5.78. The van der Waals surface area contributed by atoms with Crippen molar-refractivity contribution in [1.29, 1.82) is 0 Å². The van der Waals surface area contributed by atoms with E-state index in [1.165, 1.54) is 16.4 Å². The number of ether oxygens (including phenoxy) is 1. The molecule has 0 aliphatic rings. The Kier molecular flexibility index (Phi) is 8.66. The van der Waals surface area contributed by atoms with Crippen LogP contribution in [-0.4, -0.2) is 39.0 Å². The van der Waals surface area contributed by atoms with Crippen molar-refractivity contribution in [2.24, 2.45) is 5.73 Å². The zero-order chi connectivity index (χ0) is 19.9. The predicted molar refractivity (Wildman–Crippen MR) is 110 cm³/mol. The maximum Gasteiger partial charge on any atom is 0.243 e. The van der Waals surface area contributed by atoms with Crippen molar-refractivity contribution >= 4 is 44.8 Å². The normalized spacial score (nSPS) is 11.7. The van der Waals surface area contributed by atoms with Crippen molar-refractivity contribution in [2.75, 3.05) is 26.2 Å². The van der Waals surface area contributed by atoms with Crippen LogP contribution >= 0.6 is 34.8 Å². The summed E-state index contributed by atoms with van der Waals surface area (Å²) in [5, 5.41) is 1.34. The monoisotopic (exact) mass is 450 g/mol. The van der Waals surface area contributed by atoms with Gasteiger partial charge in [-0.2, -0.15) is 4.31 Å². The van der Waals surface area contributed by atoms with Gasteiger partial charge in [-0.15, -0.1) is 0 Å². The van der Waals surface area contributed by atoms with Gasteiger partial charge in [-0.1, -0.05) is 34.8 Å². The SMILES string of the molecule is NCCCN(CCCOc1ccc(Cl)c(Cl)c1)S(=O)(=O)c1ccc(Cl)cc1. The summed E-state index contributed by atoms with van der Waals surface area (Å²) in [5.74, 6) is 0.582. The third-order valence-corrected chi connectivity index (χ3v) is 6.68. The van der Waals surface area contributed by atoms with E-state index >= 15 is 0 Å². The first-order valence-corrected chi connectivity index (χ1v) is 11.0. The van der Waals surface area contributed by atoms with Gasteiger partial charge in [0, 0.05) is 24.2 Å². The molecule has 0 saturated heterocycles. The molecule has 5 nitrogen and oxygen atoms in total. The fourth-order valence-corrected chi connectivity index (χ4v) is 4.30. The van der Waals surface area contributed by atoms with Gasteiger partial charge < -0.3 is 10.5 Å². The van der Waals surface area contributed by atoms with E-state index in [1.54, 1.807) is 30.3 Å². The quantitative estimate of drug-likeness (QED) is 0.541. The van der Waals surface area contributed by atoms with Crippen LogP contribution in [0.1, 0.15) is 12.8 Å². The second-order valence-corrected chi connectivity index (χ2v) is 8.97. The maximum atomic E-state index is 12.9. The molecule has 2 aromatic carbocycles. The molecule has 148 valence electrons. The fourth-order valence-electron chi connectivity index (χ4n) is 2.37. The molecule has 0 bridgehead atoms. The average Bonchev–Trinajstić information content (AvgIpc) is 2.64. The summed E-state index contributed by atoms with van der Waals surface area (Å²) in [6, 6.07) is 11.1. The van der Waals surface area contributed by atoms with E-state index in [9.17, 15) is 8.42 Å². The Bertz CT molecular complexity index is 845. The molecule has 0 saturated carbocycles. The lowest BCUT2D eigenvalue weighted by atomic mass is 10.3. The summed E-state index contributed by atoms with van der Waals surface area (Å²) >= 11 is 17.7. The molecule has 27 heavy (non-hydrogen) atoms. The third kappa shape index (κ3) is 6.52. The molecular weight excluding hydrogens is 431 g/mol. The highest BCUT2D eigenvalue weighted by Crippen LogP contribution is 2.26. The van der Waals surface area contributed by atoms with Crippen molar-refractivity contribution in [3.8, 4) is 5.75 Å². The Morgan fingerprint density at radius 2 is 1.59 bits per heavy atom. The first-order valence-electron chi connectivity index (χ1n) is 8.38. The van der Waals surface area contributed by atoms with Crippen molar-refractivity contribution in [1.82, 2.24) is 4.31 Å². The van der Waals surface area contributed by atoms with Crippen LogP contribution in [0, 0.1) is 0 Å². The minimum absolute atomic E-state index is 0.203. The fraction of sp³-hybridized carbons (Fsp3) is 0.333. The molecule has 0 spiro atoms. The lowest BCUT2D eigenvalue weighted by Gasteiger charge is -2.22. The highest BCUT2D eigenvalue weighted by Gasteiger charge is 2.23. The van der Waals surface area contributed by atoms with Crippen LogP contribution in [0.25, 0.3) is 0 Å². The van der Waals surface area contributed by atoms with Crippen LogP contribution in [0.2, 0.25) is 15.1 Å². The topological polar surface area (TPSA) is 72.6 Å².